The summed E-state index contributed by atoms with van der Waals surface area (Å²) in [5.74, 6) is 5.79. The molecule has 0 nitrogen and oxygen atoms in total. The molecule has 0 amide bonds. The minimum absolute atomic E-state index is 0.931. The van der Waals surface area contributed by atoms with E-state index in [9.17, 15) is 0 Å². The van der Waals surface area contributed by atoms with Gasteiger partial charge >= 0.3 is 0 Å². The zero-order chi connectivity index (χ0) is 10.9. The fourth-order valence-electron chi connectivity index (χ4n) is 3.94. The quantitative estimate of drug-likeness (QED) is 0.616. The molecule has 1 aliphatic carbocycles. The molecule has 14 heavy (non-hydrogen) atoms. The molecule has 2 atom stereocenters. The minimum Gasteiger partial charge on any atom is -0.0651 e. The highest BCUT2D eigenvalue weighted by Gasteiger charge is 2.48. The second kappa shape index (κ2) is 4.68. The van der Waals surface area contributed by atoms with Crippen molar-refractivity contribution in [2.45, 2.75) is 54.4 Å². The summed E-state index contributed by atoms with van der Waals surface area (Å²) in [7, 11) is 0. The van der Waals surface area contributed by atoms with E-state index in [4.69, 9.17) is 0 Å². The average molecular weight is 196 g/mol. The van der Waals surface area contributed by atoms with Crippen molar-refractivity contribution in [2.24, 2.45) is 35.5 Å². The van der Waals surface area contributed by atoms with E-state index in [1.807, 2.05) is 0 Å². The van der Waals surface area contributed by atoms with Crippen molar-refractivity contribution in [3.63, 3.8) is 0 Å². The third-order valence-corrected chi connectivity index (χ3v) is 5.03. The molecule has 0 N–H and O–H groups in total. The summed E-state index contributed by atoms with van der Waals surface area (Å²) < 4.78 is 0. The van der Waals surface area contributed by atoms with Gasteiger partial charge in [-0.05, 0) is 35.5 Å². The molecule has 0 aliphatic heterocycles. The normalized spacial score (nSPS) is 41.6. The molecule has 84 valence electrons. The van der Waals surface area contributed by atoms with Crippen molar-refractivity contribution in [3.8, 4) is 0 Å². The Bertz CT molecular complexity index is 145. The van der Waals surface area contributed by atoms with E-state index in [0.717, 1.165) is 35.5 Å². The summed E-state index contributed by atoms with van der Waals surface area (Å²) in [5, 5.41) is 0. The van der Waals surface area contributed by atoms with Gasteiger partial charge in [-0.15, -0.1) is 0 Å². The van der Waals surface area contributed by atoms with Crippen LogP contribution < -0.4 is 0 Å². The van der Waals surface area contributed by atoms with Crippen molar-refractivity contribution in [2.75, 3.05) is 0 Å². The van der Waals surface area contributed by atoms with Crippen LogP contribution in [0.15, 0.2) is 0 Å². The summed E-state index contributed by atoms with van der Waals surface area (Å²) in [6, 6.07) is 0. The van der Waals surface area contributed by atoms with Crippen LogP contribution in [0, 0.1) is 35.5 Å². The number of rotatable bonds is 4. The van der Waals surface area contributed by atoms with Gasteiger partial charge in [0.1, 0.15) is 0 Å². The van der Waals surface area contributed by atoms with Crippen LogP contribution in [-0.2, 0) is 0 Å². The maximum Gasteiger partial charge on any atom is -0.0331 e. The smallest absolute Gasteiger partial charge is 0.0331 e. The van der Waals surface area contributed by atoms with Gasteiger partial charge in [-0.3, -0.25) is 0 Å². The Hall–Kier alpha value is 0. The van der Waals surface area contributed by atoms with Crippen molar-refractivity contribution in [3.05, 3.63) is 0 Å². The molecule has 0 radical (unpaired) electrons. The molecule has 1 saturated carbocycles. The van der Waals surface area contributed by atoms with Gasteiger partial charge in [0.2, 0.25) is 0 Å². The molecule has 1 rings (SSSR count). The fourth-order valence-corrected chi connectivity index (χ4v) is 3.94. The van der Waals surface area contributed by atoms with E-state index in [1.54, 1.807) is 0 Å². The topological polar surface area (TPSA) is 0 Å². The third kappa shape index (κ3) is 1.85. The Morgan fingerprint density at radius 2 is 1.07 bits per heavy atom. The molecule has 2 unspecified atom stereocenters. The van der Waals surface area contributed by atoms with Crippen LogP contribution in [0.4, 0.5) is 0 Å². The van der Waals surface area contributed by atoms with Crippen LogP contribution >= 0.6 is 0 Å². The van der Waals surface area contributed by atoms with Gasteiger partial charge in [-0.25, -0.2) is 0 Å². The molecule has 0 aromatic carbocycles. The van der Waals surface area contributed by atoms with Crippen LogP contribution in [0.2, 0.25) is 0 Å². The fraction of sp³-hybridized carbons (Fsp3) is 1.00. The first kappa shape index (κ1) is 12.1. The lowest BCUT2D eigenvalue weighted by Gasteiger charge is -2.55. The zero-order valence-electron chi connectivity index (χ0n) is 10.9. The summed E-state index contributed by atoms with van der Waals surface area (Å²) >= 11 is 0. The Morgan fingerprint density at radius 1 is 0.786 bits per heavy atom. The molecule has 0 heteroatoms. The van der Waals surface area contributed by atoms with E-state index >= 15 is 0 Å². The minimum atomic E-state index is 0.931. The first-order valence-corrected chi connectivity index (χ1v) is 6.54. The second-order valence-electron chi connectivity index (χ2n) is 5.64. The van der Waals surface area contributed by atoms with Crippen LogP contribution in [0.25, 0.3) is 0 Å². The maximum absolute atomic E-state index is 2.48. The summed E-state index contributed by atoms with van der Waals surface area (Å²) in [5.41, 5.74) is 0. The van der Waals surface area contributed by atoms with Crippen LogP contribution in [0.5, 0.6) is 0 Å². The molecule has 0 saturated heterocycles. The third-order valence-electron chi connectivity index (χ3n) is 5.03. The van der Waals surface area contributed by atoms with Crippen LogP contribution in [-0.4, -0.2) is 0 Å². The highest BCUT2D eigenvalue weighted by molar-refractivity contribution is 4.96. The Balaban J connectivity index is 2.56. The standard InChI is InChI=1S/C14H28/c1-7-9(3)13-11(5)14(12(13)6)10(4)8-2/h9-14H,7-8H2,1-6H3. The van der Waals surface area contributed by atoms with E-state index in [1.165, 1.54) is 12.8 Å². The van der Waals surface area contributed by atoms with Crippen molar-refractivity contribution < 1.29 is 0 Å². The molecule has 0 heterocycles. The van der Waals surface area contributed by atoms with Crippen LogP contribution in [0.3, 0.4) is 0 Å². The summed E-state index contributed by atoms with van der Waals surface area (Å²) in [4.78, 5) is 0. The van der Waals surface area contributed by atoms with E-state index in [-0.39, 0.29) is 0 Å². The van der Waals surface area contributed by atoms with E-state index < -0.39 is 0 Å². The molecule has 0 aromatic heterocycles. The van der Waals surface area contributed by atoms with Gasteiger partial charge in [0.05, 0.1) is 0 Å². The maximum atomic E-state index is 2.48. The van der Waals surface area contributed by atoms with Gasteiger partial charge in [-0.1, -0.05) is 54.4 Å². The zero-order valence-corrected chi connectivity index (χ0v) is 10.9. The summed E-state index contributed by atoms with van der Waals surface area (Å²) in [6.07, 6.45) is 2.71. The predicted octanol–water partition coefficient (Wildman–Crippen LogP) is 4.60. The molecule has 1 fully saturated rings. The first-order valence-electron chi connectivity index (χ1n) is 6.54. The highest BCUT2D eigenvalue weighted by Crippen LogP contribution is 2.53. The molecular weight excluding hydrogens is 168 g/mol. The molecular formula is C14H28. The lowest BCUT2D eigenvalue weighted by Crippen LogP contribution is -2.49. The lowest BCUT2D eigenvalue weighted by atomic mass is 9.50. The SMILES string of the molecule is CCC(C)C1C(C)C(C(C)CC)C1C. The van der Waals surface area contributed by atoms with Crippen LogP contribution in [0.1, 0.15) is 54.4 Å². The van der Waals surface area contributed by atoms with Crippen molar-refractivity contribution in [1.29, 1.82) is 0 Å². The molecule has 0 spiro atoms. The molecule has 0 bridgehead atoms. The highest BCUT2D eigenvalue weighted by atomic mass is 14.5. The van der Waals surface area contributed by atoms with Gasteiger partial charge in [0.15, 0.2) is 0 Å². The number of hydrogen-bond donors (Lipinski definition) is 0. The van der Waals surface area contributed by atoms with Gasteiger partial charge < -0.3 is 0 Å². The van der Waals surface area contributed by atoms with Gasteiger partial charge in [0.25, 0.3) is 0 Å². The largest absolute Gasteiger partial charge is 0.0651 e. The van der Waals surface area contributed by atoms with Crippen molar-refractivity contribution in [1.82, 2.24) is 0 Å². The first-order chi connectivity index (χ1) is 6.54. The number of hydrogen-bond acceptors (Lipinski definition) is 0. The predicted molar refractivity (Wildman–Crippen MR) is 64.2 cm³/mol. The molecule has 1 aliphatic rings. The van der Waals surface area contributed by atoms with Gasteiger partial charge in [0, 0.05) is 0 Å². The molecule has 0 aromatic rings. The van der Waals surface area contributed by atoms with Crippen molar-refractivity contribution >= 4 is 0 Å². The Labute approximate surface area is 90.5 Å². The average Bonchev–Trinajstić information content (AvgIpc) is 2.17. The van der Waals surface area contributed by atoms with E-state index in [0.29, 0.717) is 0 Å². The Morgan fingerprint density at radius 3 is 1.29 bits per heavy atom. The second-order valence-corrected chi connectivity index (χ2v) is 5.64. The van der Waals surface area contributed by atoms with Gasteiger partial charge in [-0.2, -0.15) is 0 Å². The Kier molecular flexibility index (Phi) is 4.04. The monoisotopic (exact) mass is 196 g/mol. The summed E-state index contributed by atoms with van der Waals surface area (Å²) in [6.45, 7) is 14.5. The van der Waals surface area contributed by atoms with E-state index in [2.05, 4.69) is 41.5 Å². The lowest BCUT2D eigenvalue weighted by molar-refractivity contribution is -0.0655.